The Kier molecular flexibility index (Phi) is 4.05. The van der Waals surface area contributed by atoms with Gasteiger partial charge in [-0.1, -0.05) is 6.58 Å². The average Bonchev–Trinajstić information content (AvgIpc) is 1.96. The predicted molar refractivity (Wildman–Crippen MR) is 45.8 cm³/mol. The Morgan fingerprint density at radius 1 is 1.54 bits per heavy atom. The zero-order valence-corrected chi connectivity index (χ0v) is 7.62. The molecular formula is C6H11NO5S. The summed E-state index contributed by atoms with van der Waals surface area (Å²) in [4.78, 5) is 10.3. The van der Waals surface area contributed by atoms with Crippen molar-refractivity contribution in [2.75, 3.05) is 6.54 Å². The van der Waals surface area contributed by atoms with Gasteiger partial charge in [-0.15, -0.1) is 0 Å². The van der Waals surface area contributed by atoms with Gasteiger partial charge >= 0.3 is 5.97 Å². The van der Waals surface area contributed by atoms with E-state index in [0.717, 1.165) is 0 Å². The molecule has 0 amide bonds. The lowest BCUT2D eigenvalue weighted by molar-refractivity contribution is -0.132. The maximum atomic E-state index is 10.6. The number of nitrogens with two attached hydrogens (primary N) is 1. The minimum absolute atomic E-state index is 0.0449. The SMILES string of the molecule is C=C(C(=O)O)C(CCN)S(=O)(=O)O. The highest BCUT2D eigenvalue weighted by atomic mass is 32.2. The molecule has 13 heavy (non-hydrogen) atoms. The quantitative estimate of drug-likeness (QED) is 0.404. The van der Waals surface area contributed by atoms with E-state index in [1.165, 1.54) is 0 Å². The van der Waals surface area contributed by atoms with Crippen LogP contribution in [0, 0.1) is 0 Å². The summed E-state index contributed by atoms with van der Waals surface area (Å²) in [6.07, 6.45) is -0.163. The molecule has 6 nitrogen and oxygen atoms in total. The summed E-state index contributed by atoms with van der Waals surface area (Å²) < 4.78 is 29.9. The zero-order valence-electron chi connectivity index (χ0n) is 6.80. The molecule has 0 aliphatic carbocycles. The molecule has 0 aromatic rings. The van der Waals surface area contributed by atoms with Gasteiger partial charge in [0.25, 0.3) is 10.1 Å². The number of rotatable bonds is 5. The third-order valence-electron chi connectivity index (χ3n) is 1.45. The number of hydrogen-bond acceptors (Lipinski definition) is 4. The van der Waals surface area contributed by atoms with Crippen molar-refractivity contribution in [2.45, 2.75) is 11.7 Å². The fourth-order valence-electron chi connectivity index (χ4n) is 0.792. The van der Waals surface area contributed by atoms with E-state index in [4.69, 9.17) is 15.4 Å². The van der Waals surface area contributed by atoms with Gasteiger partial charge in [-0.2, -0.15) is 8.42 Å². The maximum Gasteiger partial charge on any atom is 0.332 e. The summed E-state index contributed by atoms with van der Waals surface area (Å²) in [5, 5.41) is 6.91. The number of carboxylic acids is 1. The van der Waals surface area contributed by atoms with Crippen molar-refractivity contribution in [3.8, 4) is 0 Å². The Balaban J connectivity index is 4.83. The molecule has 1 atom stereocenters. The first-order chi connectivity index (χ1) is 5.80. The molecule has 0 spiro atoms. The minimum atomic E-state index is -4.43. The largest absolute Gasteiger partial charge is 0.478 e. The molecule has 1 unspecified atom stereocenters. The molecule has 0 aromatic heterocycles. The normalized spacial score (nSPS) is 13.7. The van der Waals surface area contributed by atoms with Gasteiger partial charge in [-0.3, -0.25) is 4.55 Å². The molecule has 0 aliphatic rings. The van der Waals surface area contributed by atoms with E-state index in [0.29, 0.717) is 0 Å². The second-order valence-electron chi connectivity index (χ2n) is 2.41. The second-order valence-corrected chi connectivity index (χ2v) is 4.01. The van der Waals surface area contributed by atoms with Crippen LogP contribution in [0.2, 0.25) is 0 Å². The summed E-state index contributed by atoms with van der Waals surface area (Å²) in [5.41, 5.74) is 4.48. The molecule has 7 heteroatoms. The highest BCUT2D eigenvalue weighted by Gasteiger charge is 2.28. The van der Waals surface area contributed by atoms with Crippen molar-refractivity contribution in [2.24, 2.45) is 5.73 Å². The fraction of sp³-hybridized carbons (Fsp3) is 0.500. The van der Waals surface area contributed by atoms with E-state index in [2.05, 4.69) is 6.58 Å². The van der Waals surface area contributed by atoms with Gasteiger partial charge < -0.3 is 10.8 Å². The molecule has 0 saturated carbocycles. The molecule has 0 aromatic carbocycles. The van der Waals surface area contributed by atoms with Crippen LogP contribution in [0.3, 0.4) is 0 Å². The van der Waals surface area contributed by atoms with E-state index in [-0.39, 0.29) is 13.0 Å². The molecule has 0 fully saturated rings. The highest BCUT2D eigenvalue weighted by Crippen LogP contribution is 2.12. The Morgan fingerprint density at radius 2 is 2.00 bits per heavy atom. The summed E-state index contributed by atoms with van der Waals surface area (Å²) in [6.45, 7) is 3.00. The third kappa shape index (κ3) is 3.53. The molecule has 0 bridgehead atoms. The van der Waals surface area contributed by atoms with Crippen molar-refractivity contribution in [3.05, 3.63) is 12.2 Å². The molecular weight excluding hydrogens is 198 g/mol. The fourth-order valence-corrected chi connectivity index (χ4v) is 1.69. The smallest absolute Gasteiger partial charge is 0.332 e. The summed E-state index contributed by atoms with van der Waals surface area (Å²) in [5.74, 6) is -1.46. The summed E-state index contributed by atoms with van der Waals surface area (Å²) in [6, 6.07) is 0. The van der Waals surface area contributed by atoms with E-state index in [1.807, 2.05) is 0 Å². The van der Waals surface area contributed by atoms with Crippen molar-refractivity contribution in [3.63, 3.8) is 0 Å². The van der Waals surface area contributed by atoms with Gasteiger partial charge in [-0.25, -0.2) is 4.79 Å². The Labute approximate surface area is 75.8 Å². The number of aliphatic carboxylic acids is 1. The van der Waals surface area contributed by atoms with Crippen molar-refractivity contribution < 1.29 is 22.9 Å². The van der Waals surface area contributed by atoms with Crippen LogP contribution in [0.15, 0.2) is 12.2 Å². The van der Waals surface area contributed by atoms with E-state index >= 15 is 0 Å². The van der Waals surface area contributed by atoms with E-state index in [1.54, 1.807) is 0 Å². The molecule has 4 N–H and O–H groups in total. The first kappa shape index (κ1) is 12.1. The van der Waals surface area contributed by atoms with Crippen LogP contribution in [0.5, 0.6) is 0 Å². The Hall–Kier alpha value is -0.920. The van der Waals surface area contributed by atoms with Crippen LogP contribution in [0.4, 0.5) is 0 Å². The van der Waals surface area contributed by atoms with E-state index < -0.39 is 26.9 Å². The van der Waals surface area contributed by atoms with Crippen LogP contribution in [0.1, 0.15) is 6.42 Å². The van der Waals surface area contributed by atoms with E-state index in [9.17, 15) is 13.2 Å². The average molecular weight is 209 g/mol. The van der Waals surface area contributed by atoms with Crippen LogP contribution in [-0.2, 0) is 14.9 Å². The molecule has 0 heterocycles. The molecule has 0 radical (unpaired) electrons. The topological polar surface area (TPSA) is 118 Å². The van der Waals surface area contributed by atoms with Crippen LogP contribution >= 0.6 is 0 Å². The second kappa shape index (κ2) is 4.35. The van der Waals surface area contributed by atoms with Crippen LogP contribution in [-0.4, -0.2) is 35.8 Å². The lowest BCUT2D eigenvalue weighted by Crippen LogP contribution is -2.28. The zero-order chi connectivity index (χ0) is 10.6. The minimum Gasteiger partial charge on any atom is -0.478 e. The van der Waals surface area contributed by atoms with Gasteiger partial charge in [0.2, 0.25) is 0 Å². The molecule has 0 saturated heterocycles. The summed E-state index contributed by atoms with van der Waals surface area (Å²) >= 11 is 0. The Bertz CT molecular complexity index is 307. The van der Waals surface area contributed by atoms with Crippen molar-refractivity contribution in [1.29, 1.82) is 0 Å². The third-order valence-corrected chi connectivity index (χ3v) is 2.69. The number of carbonyl (C=O) groups is 1. The molecule has 0 rings (SSSR count). The van der Waals surface area contributed by atoms with Crippen LogP contribution < -0.4 is 5.73 Å². The first-order valence-electron chi connectivity index (χ1n) is 3.39. The van der Waals surface area contributed by atoms with Crippen LogP contribution in [0.25, 0.3) is 0 Å². The summed E-state index contributed by atoms with van der Waals surface area (Å²) in [7, 11) is -4.43. The molecule has 0 aliphatic heterocycles. The Morgan fingerprint density at radius 3 is 2.23 bits per heavy atom. The predicted octanol–water partition coefficient (Wildman–Crippen LogP) is -0.768. The molecule has 76 valence electrons. The lowest BCUT2D eigenvalue weighted by Gasteiger charge is -2.11. The first-order valence-corrected chi connectivity index (χ1v) is 4.89. The van der Waals surface area contributed by atoms with Gasteiger partial charge in [0, 0.05) is 0 Å². The monoisotopic (exact) mass is 209 g/mol. The van der Waals surface area contributed by atoms with Crippen molar-refractivity contribution >= 4 is 16.1 Å². The number of carboxylic acid groups (broad SMARTS) is 1. The van der Waals surface area contributed by atoms with Gasteiger partial charge in [0.05, 0.1) is 5.57 Å². The van der Waals surface area contributed by atoms with Gasteiger partial charge in [0.1, 0.15) is 5.25 Å². The van der Waals surface area contributed by atoms with Crippen molar-refractivity contribution in [1.82, 2.24) is 0 Å². The lowest BCUT2D eigenvalue weighted by atomic mass is 10.1. The maximum absolute atomic E-state index is 10.6. The highest BCUT2D eigenvalue weighted by molar-refractivity contribution is 7.86. The van der Waals surface area contributed by atoms with Gasteiger partial charge in [0.15, 0.2) is 0 Å². The van der Waals surface area contributed by atoms with Gasteiger partial charge in [-0.05, 0) is 13.0 Å². The number of hydrogen-bond donors (Lipinski definition) is 3. The standard InChI is InChI=1S/C6H11NO5S/c1-4(6(8)9)5(2-3-7)13(10,11)12/h5H,1-3,7H2,(H,8,9)(H,10,11,12).